The minimum absolute atomic E-state index is 0.0514. The zero-order valence-electron chi connectivity index (χ0n) is 14.5. The molecule has 2 atom stereocenters. The van der Waals surface area contributed by atoms with Gasteiger partial charge in [-0.3, -0.25) is 9.48 Å². The van der Waals surface area contributed by atoms with Crippen molar-refractivity contribution in [3.05, 3.63) is 42.2 Å². The first kappa shape index (κ1) is 17.5. The van der Waals surface area contributed by atoms with Gasteiger partial charge in [-0.1, -0.05) is 6.42 Å². The van der Waals surface area contributed by atoms with Crippen molar-refractivity contribution < 1.29 is 14.6 Å². The minimum atomic E-state index is -0.390. The van der Waals surface area contributed by atoms with E-state index in [4.69, 9.17) is 4.74 Å². The lowest BCUT2D eigenvalue weighted by Crippen LogP contribution is -2.34. The molecule has 1 amide bonds. The highest BCUT2D eigenvalue weighted by atomic mass is 16.5. The van der Waals surface area contributed by atoms with Gasteiger partial charge in [0.2, 0.25) is 5.91 Å². The van der Waals surface area contributed by atoms with E-state index in [0.717, 1.165) is 42.7 Å². The van der Waals surface area contributed by atoms with Gasteiger partial charge in [-0.15, -0.1) is 0 Å². The SMILES string of the molecule is Cc1cnn(CCC(=O)Nc2ccc(O[C@H]3CCCC[C@H]3O)cc2)c1. The van der Waals surface area contributed by atoms with E-state index in [9.17, 15) is 9.90 Å². The van der Waals surface area contributed by atoms with Crippen LogP contribution in [0.4, 0.5) is 5.69 Å². The Morgan fingerprint density at radius 1 is 1.32 bits per heavy atom. The number of nitrogens with zero attached hydrogens (tertiary/aromatic N) is 2. The van der Waals surface area contributed by atoms with E-state index in [1.807, 2.05) is 37.4 Å². The zero-order chi connectivity index (χ0) is 17.6. The van der Waals surface area contributed by atoms with Crippen LogP contribution >= 0.6 is 0 Å². The van der Waals surface area contributed by atoms with E-state index in [2.05, 4.69) is 10.4 Å². The largest absolute Gasteiger partial charge is 0.488 e. The molecular formula is C19H25N3O3. The fourth-order valence-corrected chi connectivity index (χ4v) is 3.04. The molecule has 0 aliphatic heterocycles. The van der Waals surface area contributed by atoms with E-state index in [-0.39, 0.29) is 18.1 Å². The molecule has 1 saturated carbocycles. The van der Waals surface area contributed by atoms with Crippen molar-refractivity contribution in [2.75, 3.05) is 5.32 Å². The Labute approximate surface area is 147 Å². The van der Waals surface area contributed by atoms with Crippen LogP contribution in [-0.2, 0) is 11.3 Å². The van der Waals surface area contributed by atoms with Crippen LogP contribution in [0, 0.1) is 6.92 Å². The Kier molecular flexibility index (Phi) is 5.71. The number of rotatable bonds is 6. The van der Waals surface area contributed by atoms with E-state index < -0.39 is 0 Å². The molecule has 0 spiro atoms. The van der Waals surface area contributed by atoms with Crippen molar-refractivity contribution in [3.8, 4) is 5.75 Å². The molecule has 0 radical (unpaired) electrons. The molecular weight excluding hydrogens is 318 g/mol. The van der Waals surface area contributed by atoms with E-state index >= 15 is 0 Å². The van der Waals surface area contributed by atoms with Gasteiger partial charge in [0.15, 0.2) is 0 Å². The fraction of sp³-hybridized carbons (Fsp3) is 0.474. The summed E-state index contributed by atoms with van der Waals surface area (Å²) >= 11 is 0. The maximum absolute atomic E-state index is 12.0. The third-order valence-electron chi connectivity index (χ3n) is 4.42. The second kappa shape index (κ2) is 8.16. The zero-order valence-corrected chi connectivity index (χ0v) is 14.5. The molecule has 2 N–H and O–H groups in total. The number of hydrogen-bond acceptors (Lipinski definition) is 4. The van der Waals surface area contributed by atoms with Crippen LogP contribution in [0.1, 0.15) is 37.7 Å². The lowest BCUT2D eigenvalue weighted by molar-refractivity contribution is -0.116. The van der Waals surface area contributed by atoms with Crippen LogP contribution < -0.4 is 10.1 Å². The van der Waals surface area contributed by atoms with Crippen LogP contribution in [0.5, 0.6) is 5.75 Å². The molecule has 1 fully saturated rings. The van der Waals surface area contributed by atoms with Crippen molar-refractivity contribution in [3.63, 3.8) is 0 Å². The highest BCUT2D eigenvalue weighted by molar-refractivity contribution is 5.90. The predicted octanol–water partition coefficient (Wildman–Crippen LogP) is 2.90. The van der Waals surface area contributed by atoms with Crippen molar-refractivity contribution in [2.45, 2.75) is 57.8 Å². The number of hydrogen-bond donors (Lipinski definition) is 2. The number of carbonyl (C=O) groups excluding carboxylic acids is 1. The second-order valence-electron chi connectivity index (χ2n) is 6.61. The Hall–Kier alpha value is -2.34. The number of ether oxygens (including phenoxy) is 1. The van der Waals surface area contributed by atoms with E-state index in [1.54, 1.807) is 10.9 Å². The molecule has 6 heteroatoms. The molecule has 6 nitrogen and oxygen atoms in total. The molecule has 0 bridgehead atoms. The summed E-state index contributed by atoms with van der Waals surface area (Å²) in [7, 11) is 0. The number of nitrogens with one attached hydrogen (secondary N) is 1. The van der Waals surface area contributed by atoms with Gasteiger partial charge in [-0.05, 0) is 56.0 Å². The average molecular weight is 343 g/mol. The van der Waals surface area contributed by atoms with Gasteiger partial charge in [0.1, 0.15) is 11.9 Å². The van der Waals surface area contributed by atoms with Crippen molar-refractivity contribution >= 4 is 11.6 Å². The summed E-state index contributed by atoms with van der Waals surface area (Å²) in [5.41, 5.74) is 1.82. The van der Waals surface area contributed by atoms with E-state index in [0.29, 0.717) is 13.0 Å². The van der Waals surface area contributed by atoms with Gasteiger partial charge in [0.05, 0.1) is 12.3 Å². The molecule has 1 aromatic carbocycles. The molecule has 25 heavy (non-hydrogen) atoms. The van der Waals surface area contributed by atoms with Crippen LogP contribution in [0.25, 0.3) is 0 Å². The second-order valence-corrected chi connectivity index (χ2v) is 6.61. The first-order chi connectivity index (χ1) is 12.1. The number of benzene rings is 1. The molecule has 0 saturated heterocycles. The summed E-state index contributed by atoms with van der Waals surface area (Å²) in [5, 5.41) is 17.0. The smallest absolute Gasteiger partial charge is 0.226 e. The predicted molar refractivity (Wildman–Crippen MR) is 95.5 cm³/mol. The van der Waals surface area contributed by atoms with Crippen molar-refractivity contribution in [1.29, 1.82) is 0 Å². The quantitative estimate of drug-likeness (QED) is 0.845. The molecule has 2 aromatic rings. The van der Waals surface area contributed by atoms with Gasteiger partial charge in [-0.25, -0.2) is 0 Å². The monoisotopic (exact) mass is 343 g/mol. The molecule has 1 aliphatic rings. The topological polar surface area (TPSA) is 76.4 Å². The Balaban J connectivity index is 1.47. The summed E-state index contributed by atoms with van der Waals surface area (Å²) in [6.07, 6.45) is 7.37. The first-order valence-corrected chi connectivity index (χ1v) is 8.84. The Morgan fingerprint density at radius 2 is 2.08 bits per heavy atom. The highest BCUT2D eigenvalue weighted by Gasteiger charge is 2.24. The van der Waals surface area contributed by atoms with Crippen molar-refractivity contribution in [1.82, 2.24) is 9.78 Å². The molecule has 0 unspecified atom stereocenters. The summed E-state index contributed by atoms with van der Waals surface area (Å²) in [4.78, 5) is 12.0. The lowest BCUT2D eigenvalue weighted by atomic mass is 9.95. The lowest BCUT2D eigenvalue weighted by Gasteiger charge is -2.28. The number of carbonyl (C=O) groups is 1. The van der Waals surface area contributed by atoms with E-state index in [1.165, 1.54) is 0 Å². The number of aliphatic hydroxyl groups is 1. The normalized spacial score (nSPS) is 20.2. The summed E-state index contributed by atoms with van der Waals surface area (Å²) < 4.78 is 7.63. The van der Waals surface area contributed by atoms with Gasteiger partial charge < -0.3 is 15.2 Å². The van der Waals surface area contributed by atoms with Crippen LogP contribution in [0.2, 0.25) is 0 Å². The molecule has 134 valence electrons. The van der Waals surface area contributed by atoms with Gasteiger partial charge >= 0.3 is 0 Å². The average Bonchev–Trinajstić information content (AvgIpc) is 3.02. The Bertz CT molecular complexity index is 696. The number of anilines is 1. The highest BCUT2D eigenvalue weighted by Crippen LogP contribution is 2.24. The number of aliphatic hydroxyl groups excluding tert-OH is 1. The van der Waals surface area contributed by atoms with Crippen LogP contribution in [0.15, 0.2) is 36.7 Å². The molecule has 1 aliphatic carbocycles. The van der Waals surface area contributed by atoms with Crippen molar-refractivity contribution in [2.24, 2.45) is 0 Å². The molecule has 1 heterocycles. The summed E-state index contributed by atoms with van der Waals surface area (Å²) in [6.45, 7) is 2.53. The van der Waals surface area contributed by atoms with Crippen LogP contribution in [-0.4, -0.2) is 33.0 Å². The summed E-state index contributed by atoms with van der Waals surface area (Å²) in [6, 6.07) is 7.29. The standard InChI is InChI=1S/C19H25N3O3/c1-14-12-20-22(13-14)11-10-19(24)21-15-6-8-16(9-7-15)25-18-5-3-2-4-17(18)23/h6-9,12-13,17-18,23H,2-5,10-11H2,1H3,(H,21,24)/t17-,18+/m1/s1. The Morgan fingerprint density at radius 3 is 2.76 bits per heavy atom. The summed E-state index contributed by atoms with van der Waals surface area (Å²) in [5.74, 6) is 0.667. The minimum Gasteiger partial charge on any atom is -0.488 e. The van der Waals surface area contributed by atoms with Gasteiger partial charge in [0, 0.05) is 24.8 Å². The number of aromatic nitrogens is 2. The number of amides is 1. The third kappa shape index (κ3) is 5.06. The first-order valence-electron chi connectivity index (χ1n) is 8.84. The molecule has 1 aromatic heterocycles. The third-order valence-corrected chi connectivity index (χ3v) is 4.42. The maximum Gasteiger partial charge on any atom is 0.226 e. The maximum atomic E-state index is 12.0. The van der Waals surface area contributed by atoms with Gasteiger partial charge in [-0.2, -0.15) is 5.10 Å². The number of aryl methyl sites for hydroxylation is 2. The molecule has 3 rings (SSSR count). The van der Waals surface area contributed by atoms with Crippen LogP contribution in [0.3, 0.4) is 0 Å². The van der Waals surface area contributed by atoms with Gasteiger partial charge in [0.25, 0.3) is 0 Å². The fourth-order valence-electron chi connectivity index (χ4n) is 3.04.